The number of fused-ring (bicyclic) bond motifs is 1. The van der Waals surface area contributed by atoms with Gasteiger partial charge in [-0.1, -0.05) is 35.9 Å². The summed E-state index contributed by atoms with van der Waals surface area (Å²) in [4.78, 5) is 11.4. The molecule has 1 saturated carbocycles. The van der Waals surface area contributed by atoms with Gasteiger partial charge in [0, 0.05) is 17.5 Å². The second kappa shape index (κ2) is 5.46. The van der Waals surface area contributed by atoms with Crippen molar-refractivity contribution in [3.05, 3.63) is 65.9 Å². The molecule has 1 heterocycles. The van der Waals surface area contributed by atoms with Crippen LogP contribution in [0, 0.1) is 12.8 Å². The standard InChI is InChI=1S/C19H17NO4S/c1-12-6-8-13(9-7-12)25(23,24)20-11-17(15-10-16(15)19(21)22)14-4-2-3-5-18(14)20/h2-9,11,15-16H,10H2,1H3,(H,21,22)/t15-,16-/m0/s1. The maximum Gasteiger partial charge on any atom is 0.307 e. The van der Waals surface area contributed by atoms with E-state index >= 15 is 0 Å². The van der Waals surface area contributed by atoms with Crippen LogP contribution in [0.4, 0.5) is 0 Å². The first-order valence-electron chi connectivity index (χ1n) is 8.04. The minimum atomic E-state index is -3.74. The van der Waals surface area contributed by atoms with Crippen molar-refractivity contribution in [2.24, 2.45) is 5.92 Å². The molecule has 0 amide bonds. The van der Waals surface area contributed by atoms with Crippen LogP contribution < -0.4 is 0 Å². The summed E-state index contributed by atoms with van der Waals surface area (Å²) in [5, 5.41) is 10.0. The molecule has 0 spiro atoms. The Labute approximate surface area is 145 Å². The van der Waals surface area contributed by atoms with Crippen molar-refractivity contribution in [1.29, 1.82) is 0 Å². The van der Waals surface area contributed by atoms with E-state index in [2.05, 4.69) is 0 Å². The zero-order valence-corrected chi connectivity index (χ0v) is 14.4. The van der Waals surface area contributed by atoms with E-state index in [4.69, 9.17) is 0 Å². The third kappa shape index (κ3) is 2.53. The first-order valence-corrected chi connectivity index (χ1v) is 9.48. The Bertz CT molecular complexity index is 1080. The van der Waals surface area contributed by atoms with E-state index in [1.807, 2.05) is 19.1 Å². The van der Waals surface area contributed by atoms with Crippen LogP contribution in [0.25, 0.3) is 10.9 Å². The summed E-state index contributed by atoms with van der Waals surface area (Å²) in [6, 6.07) is 13.9. The molecule has 6 heteroatoms. The van der Waals surface area contributed by atoms with Crippen molar-refractivity contribution in [1.82, 2.24) is 3.97 Å². The fourth-order valence-electron chi connectivity index (χ4n) is 3.31. The average molecular weight is 355 g/mol. The monoisotopic (exact) mass is 355 g/mol. The highest BCUT2D eigenvalue weighted by molar-refractivity contribution is 7.90. The number of hydrogen-bond acceptors (Lipinski definition) is 3. The molecule has 0 bridgehead atoms. The molecule has 128 valence electrons. The number of carboxylic acids is 1. The van der Waals surface area contributed by atoms with E-state index < -0.39 is 21.9 Å². The van der Waals surface area contributed by atoms with Crippen LogP contribution in [0.3, 0.4) is 0 Å². The molecule has 0 saturated heterocycles. The van der Waals surface area contributed by atoms with Gasteiger partial charge in [-0.3, -0.25) is 4.79 Å². The summed E-state index contributed by atoms with van der Waals surface area (Å²) in [7, 11) is -3.74. The number of aromatic nitrogens is 1. The number of rotatable bonds is 4. The van der Waals surface area contributed by atoms with Crippen LogP contribution in [-0.2, 0) is 14.8 Å². The number of carboxylic acid groups (broad SMARTS) is 1. The summed E-state index contributed by atoms with van der Waals surface area (Å²) in [6.07, 6.45) is 2.14. The van der Waals surface area contributed by atoms with Crippen molar-refractivity contribution < 1.29 is 18.3 Å². The zero-order chi connectivity index (χ0) is 17.8. The number of carbonyl (C=O) groups is 1. The second-order valence-electron chi connectivity index (χ2n) is 6.50. The Kier molecular flexibility index (Phi) is 3.47. The van der Waals surface area contributed by atoms with Gasteiger partial charge in [-0.25, -0.2) is 12.4 Å². The number of para-hydroxylation sites is 1. The lowest BCUT2D eigenvalue weighted by Crippen LogP contribution is -2.11. The summed E-state index contributed by atoms with van der Waals surface area (Å²) in [5.74, 6) is -1.39. The number of hydrogen-bond donors (Lipinski definition) is 1. The molecule has 2 atom stereocenters. The van der Waals surface area contributed by atoms with Crippen LogP contribution >= 0.6 is 0 Å². The summed E-state index contributed by atoms with van der Waals surface area (Å²) < 4.78 is 27.4. The Morgan fingerprint density at radius 3 is 2.44 bits per heavy atom. The smallest absolute Gasteiger partial charge is 0.307 e. The molecule has 1 aromatic heterocycles. The molecular formula is C19H17NO4S. The van der Waals surface area contributed by atoms with E-state index in [1.165, 1.54) is 3.97 Å². The van der Waals surface area contributed by atoms with Gasteiger partial charge in [0.25, 0.3) is 10.0 Å². The third-order valence-corrected chi connectivity index (χ3v) is 6.48. The van der Waals surface area contributed by atoms with Crippen molar-refractivity contribution in [2.45, 2.75) is 24.2 Å². The molecule has 2 aromatic carbocycles. The molecule has 25 heavy (non-hydrogen) atoms. The highest BCUT2D eigenvalue weighted by Gasteiger charge is 2.45. The molecule has 1 aliphatic carbocycles. The molecule has 5 nitrogen and oxygen atoms in total. The van der Waals surface area contributed by atoms with Gasteiger partial charge >= 0.3 is 5.97 Å². The summed E-state index contributed by atoms with van der Waals surface area (Å²) >= 11 is 0. The second-order valence-corrected chi connectivity index (χ2v) is 8.32. The Morgan fingerprint density at radius 1 is 1.12 bits per heavy atom. The van der Waals surface area contributed by atoms with Gasteiger partial charge in [0.1, 0.15) is 0 Å². The predicted molar refractivity (Wildman–Crippen MR) is 94.2 cm³/mol. The lowest BCUT2D eigenvalue weighted by Gasteiger charge is -2.07. The van der Waals surface area contributed by atoms with E-state index in [-0.39, 0.29) is 10.8 Å². The molecule has 0 unspecified atom stereocenters. The van der Waals surface area contributed by atoms with Gasteiger partial charge in [-0.05, 0) is 37.1 Å². The maximum absolute atomic E-state index is 13.1. The van der Waals surface area contributed by atoms with Crippen LogP contribution in [0.2, 0.25) is 0 Å². The minimum absolute atomic E-state index is 0.128. The SMILES string of the molecule is Cc1ccc(S(=O)(=O)n2cc([C@H]3C[C@@H]3C(=O)O)c3ccccc32)cc1. The van der Waals surface area contributed by atoms with Crippen molar-refractivity contribution >= 4 is 26.9 Å². The van der Waals surface area contributed by atoms with E-state index in [0.717, 1.165) is 16.5 Å². The Hall–Kier alpha value is -2.60. The zero-order valence-electron chi connectivity index (χ0n) is 13.6. The van der Waals surface area contributed by atoms with Gasteiger partial charge in [0.2, 0.25) is 0 Å². The van der Waals surface area contributed by atoms with Crippen molar-refractivity contribution in [2.75, 3.05) is 0 Å². The van der Waals surface area contributed by atoms with Crippen molar-refractivity contribution in [3.63, 3.8) is 0 Å². The third-order valence-electron chi connectivity index (χ3n) is 4.79. The Balaban J connectivity index is 1.88. The van der Waals surface area contributed by atoms with Crippen LogP contribution in [-0.4, -0.2) is 23.5 Å². The predicted octanol–water partition coefficient (Wildman–Crippen LogP) is 3.37. The quantitative estimate of drug-likeness (QED) is 0.778. The number of benzene rings is 2. The molecule has 3 aromatic rings. The van der Waals surface area contributed by atoms with E-state index in [0.29, 0.717) is 11.9 Å². The first-order chi connectivity index (χ1) is 11.9. The van der Waals surface area contributed by atoms with Crippen LogP contribution in [0.5, 0.6) is 0 Å². The highest BCUT2D eigenvalue weighted by atomic mass is 32.2. The largest absolute Gasteiger partial charge is 0.481 e. The lowest BCUT2D eigenvalue weighted by molar-refractivity contribution is -0.138. The molecule has 1 N–H and O–H groups in total. The number of nitrogens with zero attached hydrogens (tertiary/aromatic N) is 1. The maximum atomic E-state index is 13.1. The molecule has 0 radical (unpaired) electrons. The number of aryl methyl sites for hydroxylation is 1. The van der Waals surface area contributed by atoms with Crippen LogP contribution in [0.1, 0.15) is 23.5 Å². The van der Waals surface area contributed by atoms with E-state index in [9.17, 15) is 18.3 Å². The van der Waals surface area contributed by atoms with Gasteiger partial charge in [-0.15, -0.1) is 0 Å². The lowest BCUT2D eigenvalue weighted by atomic mass is 10.1. The minimum Gasteiger partial charge on any atom is -0.481 e. The Morgan fingerprint density at radius 2 is 1.80 bits per heavy atom. The van der Waals surface area contributed by atoms with Gasteiger partial charge in [-0.2, -0.15) is 0 Å². The molecule has 1 aliphatic rings. The van der Waals surface area contributed by atoms with Gasteiger partial charge in [0.15, 0.2) is 0 Å². The molecular weight excluding hydrogens is 338 g/mol. The number of aliphatic carboxylic acids is 1. The fourth-order valence-corrected chi connectivity index (χ4v) is 4.68. The fraction of sp³-hybridized carbons (Fsp3) is 0.211. The van der Waals surface area contributed by atoms with Crippen molar-refractivity contribution in [3.8, 4) is 0 Å². The highest BCUT2D eigenvalue weighted by Crippen LogP contribution is 2.50. The summed E-state index contributed by atoms with van der Waals surface area (Å²) in [6.45, 7) is 1.90. The van der Waals surface area contributed by atoms with Gasteiger partial charge in [0.05, 0.1) is 16.3 Å². The topological polar surface area (TPSA) is 76.4 Å². The first kappa shape index (κ1) is 15.9. The van der Waals surface area contributed by atoms with Crippen LogP contribution in [0.15, 0.2) is 59.6 Å². The summed E-state index contributed by atoms with van der Waals surface area (Å²) in [5.41, 5.74) is 2.35. The molecule has 4 rings (SSSR count). The average Bonchev–Trinajstić information content (AvgIpc) is 3.29. The van der Waals surface area contributed by atoms with E-state index in [1.54, 1.807) is 42.6 Å². The molecule has 0 aliphatic heterocycles. The molecule has 1 fully saturated rings. The van der Waals surface area contributed by atoms with Gasteiger partial charge < -0.3 is 5.11 Å². The normalized spacial score (nSPS) is 19.9.